The highest BCUT2D eigenvalue weighted by atomic mass is 32.2. The summed E-state index contributed by atoms with van der Waals surface area (Å²) in [5.41, 5.74) is 0. The molecule has 0 spiro atoms. The van der Waals surface area contributed by atoms with E-state index in [0.29, 0.717) is 12.3 Å². The maximum atomic E-state index is 11.0. The van der Waals surface area contributed by atoms with Gasteiger partial charge in [0.15, 0.2) is 0 Å². The van der Waals surface area contributed by atoms with E-state index < -0.39 is 10.0 Å². The Hall–Kier alpha value is -0.890. The minimum atomic E-state index is -3.74. The molecule has 0 aliphatic heterocycles. The van der Waals surface area contributed by atoms with E-state index >= 15 is 0 Å². The normalized spacial score (nSPS) is 14.2. The average Bonchev–Trinajstić information content (AvgIpc) is 2.61. The molecule has 1 atom stereocenters. The summed E-state index contributed by atoms with van der Waals surface area (Å²) in [6, 6.07) is 3.26. The zero-order valence-electron chi connectivity index (χ0n) is 10.3. The van der Waals surface area contributed by atoms with Gasteiger partial charge in [-0.3, -0.25) is 0 Å². The molecule has 1 aromatic rings. The molecule has 98 valence electrons. The first kappa shape index (κ1) is 14.2. The van der Waals surface area contributed by atoms with Crippen LogP contribution < -0.4 is 10.5 Å². The maximum Gasteiger partial charge on any atom is 0.271 e. The predicted molar refractivity (Wildman–Crippen MR) is 64.9 cm³/mol. The molecular weight excluding hydrogens is 242 g/mol. The molecule has 0 bridgehead atoms. The molecule has 1 aromatic heterocycles. The number of hydrogen-bond donors (Lipinski definition) is 2. The van der Waals surface area contributed by atoms with Crippen LogP contribution in [0.2, 0.25) is 0 Å². The number of primary sulfonamides is 1. The Labute approximate surface area is 102 Å². The molecule has 0 saturated heterocycles. The molecule has 0 aliphatic carbocycles. The van der Waals surface area contributed by atoms with Crippen molar-refractivity contribution in [2.24, 2.45) is 5.14 Å². The molecule has 0 amide bonds. The fraction of sp³-hybridized carbons (Fsp3) is 0.600. The van der Waals surface area contributed by atoms with Crippen molar-refractivity contribution in [2.45, 2.75) is 24.6 Å². The van der Waals surface area contributed by atoms with Crippen LogP contribution in [0.25, 0.3) is 0 Å². The van der Waals surface area contributed by atoms with Crippen molar-refractivity contribution < 1.29 is 12.8 Å². The van der Waals surface area contributed by atoms with Gasteiger partial charge in [-0.25, -0.2) is 13.6 Å². The molecule has 0 aromatic carbocycles. The van der Waals surface area contributed by atoms with Crippen LogP contribution in [0, 0.1) is 0 Å². The van der Waals surface area contributed by atoms with Gasteiger partial charge in [-0.15, -0.1) is 0 Å². The summed E-state index contributed by atoms with van der Waals surface area (Å²) in [5.74, 6) is 0.555. The molecule has 0 radical (unpaired) electrons. The molecule has 1 unspecified atom stereocenters. The summed E-state index contributed by atoms with van der Waals surface area (Å²) in [6.07, 6.45) is 0. The smallest absolute Gasteiger partial charge is 0.271 e. The van der Waals surface area contributed by atoms with Crippen LogP contribution >= 0.6 is 0 Å². The second-order valence-corrected chi connectivity index (χ2v) is 5.80. The minimum Gasteiger partial charge on any atom is -0.447 e. The summed E-state index contributed by atoms with van der Waals surface area (Å²) in [6.45, 7) is 3.41. The number of sulfonamides is 1. The number of rotatable bonds is 6. The highest BCUT2D eigenvalue weighted by Crippen LogP contribution is 2.11. The molecule has 6 nitrogen and oxygen atoms in total. The first-order valence-electron chi connectivity index (χ1n) is 5.28. The Morgan fingerprint density at radius 2 is 2.12 bits per heavy atom. The fourth-order valence-electron chi connectivity index (χ4n) is 1.49. The van der Waals surface area contributed by atoms with Gasteiger partial charge in [0.1, 0.15) is 5.76 Å². The predicted octanol–water partition coefficient (Wildman–Crippen LogP) is -0.0333. The van der Waals surface area contributed by atoms with Crippen LogP contribution in [0.3, 0.4) is 0 Å². The van der Waals surface area contributed by atoms with E-state index in [1.807, 2.05) is 21.0 Å². The van der Waals surface area contributed by atoms with Crippen molar-refractivity contribution in [3.63, 3.8) is 0 Å². The molecular formula is C10H19N3O3S. The lowest BCUT2D eigenvalue weighted by Gasteiger charge is -2.17. The zero-order valence-corrected chi connectivity index (χ0v) is 11.1. The van der Waals surface area contributed by atoms with Gasteiger partial charge in [-0.1, -0.05) is 0 Å². The van der Waals surface area contributed by atoms with Gasteiger partial charge in [0.2, 0.25) is 5.09 Å². The summed E-state index contributed by atoms with van der Waals surface area (Å²) < 4.78 is 27.1. The summed E-state index contributed by atoms with van der Waals surface area (Å²) in [4.78, 5) is 2.07. The van der Waals surface area contributed by atoms with Gasteiger partial charge in [0.25, 0.3) is 10.0 Å². The highest BCUT2D eigenvalue weighted by molar-refractivity contribution is 7.89. The number of nitrogens with one attached hydrogen (secondary N) is 1. The largest absolute Gasteiger partial charge is 0.447 e. The Morgan fingerprint density at radius 3 is 2.59 bits per heavy atom. The molecule has 7 heteroatoms. The van der Waals surface area contributed by atoms with Gasteiger partial charge in [0, 0.05) is 12.6 Å². The van der Waals surface area contributed by atoms with E-state index in [0.717, 1.165) is 6.54 Å². The highest BCUT2D eigenvalue weighted by Gasteiger charge is 2.13. The third-order valence-electron chi connectivity index (χ3n) is 2.18. The molecule has 17 heavy (non-hydrogen) atoms. The topological polar surface area (TPSA) is 88.6 Å². The van der Waals surface area contributed by atoms with Crippen LogP contribution in [0.4, 0.5) is 0 Å². The zero-order chi connectivity index (χ0) is 13.1. The number of hydrogen-bond acceptors (Lipinski definition) is 5. The second-order valence-electron chi connectivity index (χ2n) is 4.31. The van der Waals surface area contributed by atoms with Crippen molar-refractivity contribution in [2.75, 3.05) is 20.6 Å². The molecule has 0 aliphatic rings. The van der Waals surface area contributed by atoms with Gasteiger partial charge in [-0.2, -0.15) is 0 Å². The monoisotopic (exact) mass is 261 g/mol. The third-order valence-corrected chi connectivity index (χ3v) is 2.96. The summed E-state index contributed by atoms with van der Waals surface area (Å²) in [5, 5.41) is 7.97. The van der Waals surface area contributed by atoms with Crippen LogP contribution in [-0.4, -0.2) is 40.0 Å². The lowest BCUT2D eigenvalue weighted by atomic mass is 10.3. The van der Waals surface area contributed by atoms with Crippen molar-refractivity contribution >= 4 is 10.0 Å². The van der Waals surface area contributed by atoms with Crippen molar-refractivity contribution in [1.29, 1.82) is 0 Å². The van der Waals surface area contributed by atoms with Gasteiger partial charge in [0.05, 0.1) is 6.54 Å². The van der Waals surface area contributed by atoms with Crippen LogP contribution in [0.1, 0.15) is 12.7 Å². The molecule has 0 saturated carbocycles. The molecule has 0 fully saturated rings. The summed E-state index contributed by atoms with van der Waals surface area (Å²) >= 11 is 0. The van der Waals surface area contributed by atoms with E-state index in [2.05, 4.69) is 10.2 Å². The second kappa shape index (κ2) is 5.63. The quantitative estimate of drug-likeness (QED) is 0.750. The van der Waals surface area contributed by atoms with Crippen molar-refractivity contribution in [3.05, 3.63) is 17.9 Å². The number of nitrogens with two attached hydrogens (primary N) is 1. The first-order valence-corrected chi connectivity index (χ1v) is 6.83. The maximum absolute atomic E-state index is 11.0. The Kier molecular flexibility index (Phi) is 4.70. The Bertz CT molecular complexity index is 453. The van der Waals surface area contributed by atoms with Crippen LogP contribution in [0.15, 0.2) is 21.6 Å². The third kappa shape index (κ3) is 4.86. The fourth-order valence-corrected chi connectivity index (χ4v) is 1.97. The van der Waals surface area contributed by atoms with Crippen molar-refractivity contribution in [1.82, 2.24) is 10.2 Å². The van der Waals surface area contributed by atoms with E-state index in [1.165, 1.54) is 6.07 Å². The van der Waals surface area contributed by atoms with E-state index in [-0.39, 0.29) is 11.1 Å². The van der Waals surface area contributed by atoms with Gasteiger partial charge < -0.3 is 14.6 Å². The molecule has 1 rings (SSSR count). The number of nitrogens with zero attached hydrogens (tertiary/aromatic N) is 1. The van der Waals surface area contributed by atoms with E-state index in [4.69, 9.17) is 9.56 Å². The molecule has 3 N–H and O–H groups in total. The lowest BCUT2D eigenvalue weighted by molar-refractivity contribution is 0.334. The average molecular weight is 261 g/mol. The Balaban J connectivity index is 2.51. The van der Waals surface area contributed by atoms with Crippen LogP contribution in [-0.2, 0) is 16.6 Å². The lowest BCUT2D eigenvalue weighted by Crippen LogP contribution is -2.35. The van der Waals surface area contributed by atoms with Crippen molar-refractivity contribution in [3.8, 4) is 0 Å². The standard InChI is InChI=1S/C10H19N3O3S/c1-8(7-13(2)3)12-6-9-4-5-10(16-9)17(11,14)15/h4-5,8,12H,6-7H2,1-3H3,(H2,11,14,15). The summed E-state index contributed by atoms with van der Waals surface area (Å²) in [7, 11) is 0.238. The van der Waals surface area contributed by atoms with Gasteiger partial charge in [-0.05, 0) is 33.2 Å². The van der Waals surface area contributed by atoms with E-state index in [9.17, 15) is 8.42 Å². The minimum absolute atomic E-state index is 0.199. The first-order chi connectivity index (χ1) is 7.79. The van der Waals surface area contributed by atoms with Gasteiger partial charge >= 0.3 is 0 Å². The number of furan rings is 1. The van der Waals surface area contributed by atoms with Crippen LogP contribution in [0.5, 0.6) is 0 Å². The Morgan fingerprint density at radius 1 is 1.47 bits per heavy atom. The number of likely N-dealkylation sites (N-methyl/N-ethyl adjacent to an activating group) is 1. The molecule has 1 heterocycles. The SMILES string of the molecule is CC(CN(C)C)NCc1ccc(S(N)(=O)=O)o1. The van der Waals surface area contributed by atoms with E-state index in [1.54, 1.807) is 6.07 Å².